The number of nitrogens with two attached hydrogens (primary N) is 1. The SMILES string of the molecule is COC(=O)CN(CC(=O)NC1CCC(N)CC1)CC(=O)OC. The number of methoxy groups -OCH3 is 2. The summed E-state index contributed by atoms with van der Waals surface area (Å²) in [5.41, 5.74) is 5.83. The number of rotatable bonds is 7. The van der Waals surface area contributed by atoms with Gasteiger partial charge in [-0.3, -0.25) is 19.3 Å². The molecular weight excluding hydrogens is 290 g/mol. The van der Waals surface area contributed by atoms with Gasteiger partial charge >= 0.3 is 11.9 Å². The summed E-state index contributed by atoms with van der Waals surface area (Å²) in [5.74, 6) is -1.26. The van der Waals surface area contributed by atoms with E-state index in [0.29, 0.717) is 0 Å². The Morgan fingerprint density at radius 2 is 1.50 bits per heavy atom. The Hall–Kier alpha value is -1.67. The molecule has 8 nitrogen and oxygen atoms in total. The zero-order valence-corrected chi connectivity index (χ0v) is 13.2. The van der Waals surface area contributed by atoms with Gasteiger partial charge in [-0.2, -0.15) is 0 Å². The molecule has 0 aliphatic heterocycles. The molecule has 126 valence electrons. The summed E-state index contributed by atoms with van der Waals surface area (Å²) < 4.78 is 9.12. The highest BCUT2D eigenvalue weighted by Gasteiger charge is 2.23. The van der Waals surface area contributed by atoms with Gasteiger partial charge in [0.2, 0.25) is 5.91 Å². The van der Waals surface area contributed by atoms with Crippen LogP contribution in [0.1, 0.15) is 25.7 Å². The van der Waals surface area contributed by atoms with E-state index >= 15 is 0 Å². The van der Waals surface area contributed by atoms with Crippen molar-refractivity contribution in [2.24, 2.45) is 5.73 Å². The van der Waals surface area contributed by atoms with E-state index in [9.17, 15) is 14.4 Å². The third kappa shape index (κ3) is 6.86. The van der Waals surface area contributed by atoms with Crippen LogP contribution in [-0.2, 0) is 23.9 Å². The third-order valence-corrected chi connectivity index (χ3v) is 3.66. The lowest BCUT2D eigenvalue weighted by Gasteiger charge is -2.28. The Labute approximate surface area is 130 Å². The topological polar surface area (TPSA) is 111 Å². The quantitative estimate of drug-likeness (QED) is 0.581. The van der Waals surface area contributed by atoms with Crippen molar-refractivity contribution in [3.63, 3.8) is 0 Å². The number of hydrogen-bond donors (Lipinski definition) is 2. The van der Waals surface area contributed by atoms with Crippen molar-refractivity contribution >= 4 is 17.8 Å². The van der Waals surface area contributed by atoms with E-state index in [-0.39, 0.29) is 37.6 Å². The lowest BCUT2D eigenvalue weighted by molar-refractivity contribution is -0.146. The number of nitrogens with one attached hydrogen (secondary N) is 1. The second-order valence-electron chi connectivity index (χ2n) is 5.48. The molecule has 0 aromatic heterocycles. The monoisotopic (exact) mass is 315 g/mol. The van der Waals surface area contributed by atoms with Gasteiger partial charge in [-0.15, -0.1) is 0 Å². The van der Waals surface area contributed by atoms with E-state index in [1.54, 1.807) is 0 Å². The van der Waals surface area contributed by atoms with Crippen molar-refractivity contribution in [2.75, 3.05) is 33.9 Å². The van der Waals surface area contributed by atoms with Crippen molar-refractivity contribution < 1.29 is 23.9 Å². The van der Waals surface area contributed by atoms with E-state index in [2.05, 4.69) is 14.8 Å². The van der Waals surface area contributed by atoms with Crippen LogP contribution in [0.4, 0.5) is 0 Å². The van der Waals surface area contributed by atoms with Crippen molar-refractivity contribution in [1.82, 2.24) is 10.2 Å². The zero-order valence-electron chi connectivity index (χ0n) is 13.2. The van der Waals surface area contributed by atoms with Crippen LogP contribution >= 0.6 is 0 Å². The predicted molar refractivity (Wildman–Crippen MR) is 78.8 cm³/mol. The maximum absolute atomic E-state index is 12.1. The molecule has 1 amide bonds. The molecule has 1 saturated carbocycles. The van der Waals surface area contributed by atoms with Crippen LogP contribution in [0.3, 0.4) is 0 Å². The average Bonchev–Trinajstić information content (AvgIpc) is 2.49. The number of amides is 1. The number of hydrogen-bond acceptors (Lipinski definition) is 7. The highest BCUT2D eigenvalue weighted by molar-refractivity contribution is 5.81. The fraction of sp³-hybridized carbons (Fsp3) is 0.786. The molecule has 1 fully saturated rings. The summed E-state index contributed by atoms with van der Waals surface area (Å²) in [6, 6.07) is 0.314. The fourth-order valence-corrected chi connectivity index (χ4v) is 2.40. The second-order valence-corrected chi connectivity index (χ2v) is 5.48. The van der Waals surface area contributed by atoms with Gasteiger partial charge in [0.15, 0.2) is 0 Å². The Balaban J connectivity index is 2.46. The van der Waals surface area contributed by atoms with Gasteiger partial charge in [-0.05, 0) is 25.7 Å². The molecular formula is C14H25N3O5. The molecule has 0 radical (unpaired) electrons. The molecule has 22 heavy (non-hydrogen) atoms. The van der Waals surface area contributed by atoms with Crippen LogP contribution < -0.4 is 11.1 Å². The first-order valence-corrected chi connectivity index (χ1v) is 7.35. The zero-order chi connectivity index (χ0) is 16.5. The van der Waals surface area contributed by atoms with E-state index in [0.717, 1.165) is 25.7 Å². The first kappa shape index (κ1) is 18.4. The van der Waals surface area contributed by atoms with Gasteiger partial charge in [0, 0.05) is 12.1 Å². The minimum atomic E-state index is -0.514. The van der Waals surface area contributed by atoms with Gasteiger partial charge in [-0.25, -0.2) is 0 Å². The van der Waals surface area contributed by atoms with Gasteiger partial charge in [0.1, 0.15) is 0 Å². The molecule has 8 heteroatoms. The molecule has 0 aromatic carbocycles. The molecule has 1 rings (SSSR count). The highest BCUT2D eigenvalue weighted by Crippen LogP contribution is 2.16. The minimum Gasteiger partial charge on any atom is -0.468 e. The second kappa shape index (κ2) is 9.37. The molecule has 0 heterocycles. The van der Waals surface area contributed by atoms with E-state index < -0.39 is 11.9 Å². The largest absolute Gasteiger partial charge is 0.468 e. The van der Waals surface area contributed by atoms with Crippen LogP contribution in [0.25, 0.3) is 0 Å². The smallest absolute Gasteiger partial charge is 0.319 e. The molecule has 0 spiro atoms. The summed E-state index contributed by atoms with van der Waals surface area (Å²) in [6.45, 7) is -0.351. The lowest BCUT2D eigenvalue weighted by Crippen LogP contribution is -2.47. The minimum absolute atomic E-state index is 0.0627. The van der Waals surface area contributed by atoms with Gasteiger partial charge < -0.3 is 20.5 Å². The van der Waals surface area contributed by atoms with Gasteiger partial charge in [-0.1, -0.05) is 0 Å². The predicted octanol–water partition coefficient (Wildman–Crippen LogP) is -0.979. The van der Waals surface area contributed by atoms with Crippen LogP contribution in [0, 0.1) is 0 Å². The van der Waals surface area contributed by atoms with Crippen molar-refractivity contribution in [3.8, 4) is 0 Å². The molecule has 0 unspecified atom stereocenters. The van der Waals surface area contributed by atoms with Gasteiger partial charge in [0.05, 0.1) is 33.9 Å². The third-order valence-electron chi connectivity index (χ3n) is 3.66. The van der Waals surface area contributed by atoms with E-state index in [4.69, 9.17) is 5.73 Å². The lowest BCUT2D eigenvalue weighted by atomic mass is 9.92. The van der Waals surface area contributed by atoms with Crippen molar-refractivity contribution in [1.29, 1.82) is 0 Å². The summed E-state index contributed by atoms with van der Waals surface area (Å²) >= 11 is 0. The molecule has 1 aliphatic rings. The summed E-state index contributed by atoms with van der Waals surface area (Å²) in [4.78, 5) is 36.1. The normalized spacial score (nSPS) is 21.3. The Morgan fingerprint density at radius 3 is 1.95 bits per heavy atom. The molecule has 0 saturated heterocycles. The van der Waals surface area contributed by atoms with Crippen LogP contribution in [0.15, 0.2) is 0 Å². The fourth-order valence-electron chi connectivity index (χ4n) is 2.40. The van der Waals surface area contributed by atoms with Crippen LogP contribution in [0.2, 0.25) is 0 Å². The molecule has 1 aliphatic carbocycles. The number of nitrogens with zero attached hydrogens (tertiary/aromatic N) is 1. The maximum Gasteiger partial charge on any atom is 0.319 e. The highest BCUT2D eigenvalue weighted by atomic mass is 16.5. The first-order chi connectivity index (χ1) is 10.4. The number of carbonyl (C=O) groups excluding carboxylic acids is 3. The molecule has 0 atom stereocenters. The molecule has 0 bridgehead atoms. The molecule has 3 N–H and O–H groups in total. The van der Waals surface area contributed by atoms with Crippen molar-refractivity contribution in [3.05, 3.63) is 0 Å². The summed E-state index contributed by atoms with van der Waals surface area (Å²) in [5, 5.41) is 2.91. The summed E-state index contributed by atoms with van der Waals surface area (Å²) in [6.07, 6.45) is 3.47. The number of esters is 2. The Bertz CT molecular complexity index is 376. The number of ether oxygens (including phenoxy) is 2. The van der Waals surface area contributed by atoms with Gasteiger partial charge in [0.25, 0.3) is 0 Å². The maximum atomic E-state index is 12.1. The standard InChI is InChI=1S/C14H25N3O5/c1-21-13(19)8-17(9-14(20)22-2)7-12(18)16-11-5-3-10(15)4-6-11/h10-11H,3-9,15H2,1-2H3,(H,16,18). The van der Waals surface area contributed by atoms with Crippen LogP contribution in [0.5, 0.6) is 0 Å². The first-order valence-electron chi connectivity index (χ1n) is 7.35. The van der Waals surface area contributed by atoms with Crippen LogP contribution in [-0.4, -0.2) is 68.7 Å². The number of carbonyl (C=O) groups is 3. The Kier molecular flexibility index (Phi) is 7.83. The Morgan fingerprint density at radius 1 is 1.00 bits per heavy atom. The van der Waals surface area contributed by atoms with E-state index in [1.807, 2.05) is 0 Å². The molecule has 0 aromatic rings. The average molecular weight is 315 g/mol. The summed E-state index contributed by atoms with van der Waals surface area (Å²) in [7, 11) is 2.51. The van der Waals surface area contributed by atoms with E-state index in [1.165, 1.54) is 19.1 Å². The van der Waals surface area contributed by atoms with Crippen molar-refractivity contribution in [2.45, 2.75) is 37.8 Å².